The molecule has 0 radical (unpaired) electrons. The number of Topliss-reactive ketones (excluding diaryl/α,β-unsaturated/α-hetero) is 1. The van der Waals surface area contributed by atoms with Gasteiger partial charge in [0.1, 0.15) is 11.6 Å². The van der Waals surface area contributed by atoms with Gasteiger partial charge < -0.3 is 14.2 Å². The van der Waals surface area contributed by atoms with E-state index in [0.717, 1.165) is 5.69 Å². The third kappa shape index (κ3) is 4.77. The molecule has 0 saturated heterocycles. The molecule has 1 aromatic carbocycles. The largest absolute Gasteiger partial charge is 0.457 e. The van der Waals surface area contributed by atoms with E-state index in [0.29, 0.717) is 52.4 Å². The summed E-state index contributed by atoms with van der Waals surface area (Å²) in [6.07, 6.45) is 0.969. The molecule has 0 atom stereocenters. The Morgan fingerprint density at radius 3 is 2.70 bits per heavy atom. The second kappa shape index (κ2) is 9.23. The summed E-state index contributed by atoms with van der Waals surface area (Å²) in [6, 6.07) is 10.6. The number of ether oxygens (including phenoxy) is 1. The number of esters is 1. The van der Waals surface area contributed by atoms with Gasteiger partial charge in [-0.25, -0.2) is 4.98 Å². The molecule has 3 aromatic heterocycles. The van der Waals surface area contributed by atoms with Gasteiger partial charge in [-0.05, 0) is 45.4 Å². The average Bonchev–Trinajstić information content (AvgIpc) is 3.34. The third-order valence-corrected chi connectivity index (χ3v) is 5.40. The van der Waals surface area contributed by atoms with Gasteiger partial charge in [-0.2, -0.15) is 0 Å². The van der Waals surface area contributed by atoms with Gasteiger partial charge in [-0.3, -0.25) is 19.0 Å². The van der Waals surface area contributed by atoms with Crippen LogP contribution in [0.15, 0.2) is 45.7 Å². The van der Waals surface area contributed by atoms with Crippen molar-refractivity contribution in [3.8, 4) is 5.82 Å². The zero-order valence-electron chi connectivity index (χ0n) is 18.7. The van der Waals surface area contributed by atoms with Crippen molar-refractivity contribution < 1.29 is 18.8 Å². The van der Waals surface area contributed by atoms with Crippen LogP contribution in [-0.4, -0.2) is 38.1 Å². The van der Waals surface area contributed by atoms with Gasteiger partial charge in [0.2, 0.25) is 5.78 Å². The maximum absolute atomic E-state index is 12.6. The maximum atomic E-state index is 12.6. The highest BCUT2D eigenvalue weighted by Gasteiger charge is 2.19. The molecule has 0 fully saturated rings. The summed E-state index contributed by atoms with van der Waals surface area (Å²) >= 11 is 0. The number of nitrogens with one attached hydrogen (secondary N) is 1. The SMILES string of the molecule is Cc1cc(-n2c(C)cc(C(=O)COC(=O)CCCc3nc4ccccc4c(=O)[nH]3)c2C)no1. The summed E-state index contributed by atoms with van der Waals surface area (Å²) in [5, 5.41) is 4.52. The Bertz CT molecular complexity index is 1400. The molecule has 170 valence electrons. The summed E-state index contributed by atoms with van der Waals surface area (Å²) in [5.74, 6) is 1.01. The minimum atomic E-state index is -0.479. The van der Waals surface area contributed by atoms with Crippen molar-refractivity contribution in [1.29, 1.82) is 0 Å². The highest BCUT2D eigenvalue weighted by atomic mass is 16.5. The van der Waals surface area contributed by atoms with E-state index in [2.05, 4.69) is 15.1 Å². The van der Waals surface area contributed by atoms with Crippen molar-refractivity contribution in [2.45, 2.75) is 40.0 Å². The number of hydrogen-bond donors (Lipinski definition) is 1. The Labute approximate surface area is 189 Å². The van der Waals surface area contributed by atoms with Gasteiger partial charge >= 0.3 is 5.97 Å². The molecule has 0 aliphatic heterocycles. The van der Waals surface area contributed by atoms with E-state index in [-0.39, 0.29) is 24.4 Å². The third-order valence-electron chi connectivity index (χ3n) is 5.40. The molecule has 4 aromatic rings. The first kappa shape index (κ1) is 22.2. The first-order valence-corrected chi connectivity index (χ1v) is 10.6. The lowest BCUT2D eigenvalue weighted by molar-refractivity contribution is -0.142. The van der Waals surface area contributed by atoms with E-state index in [1.807, 2.05) is 24.5 Å². The number of aryl methyl sites for hydroxylation is 3. The van der Waals surface area contributed by atoms with Crippen LogP contribution in [0.25, 0.3) is 16.7 Å². The molecule has 0 aliphatic carbocycles. The molecule has 0 amide bonds. The molecule has 33 heavy (non-hydrogen) atoms. The number of benzene rings is 1. The van der Waals surface area contributed by atoms with Crippen LogP contribution in [0.2, 0.25) is 0 Å². The Morgan fingerprint density at radius 2 is 1.94 bits per heavy atom. The van der Waals surface area contributed by atoms with Gasteiger partial charge in [0, 0.05) is 35.9 Å². The molecule has 0 spiro atoms. The highest BCUT2D eigenvalue weighted by molar-refractivity contribution is 5.99. The lowest BCUT2D eigenvalue weighted by Gasteiger charge is -2.06. The number of carbonyl (C=O) groups is 2. The van der Waals surface area contributed by atoms with E-state index in [1.54, 1.807) is 37.3 Å². The average molecular weight is 448 g/mol. The van der Waals surface area contributed by atoms with Gasteiger partial charge in [0.15, 0.2) is 12.4 Å². The van der Waals surface area contributed by atoms with Crippen LogP contribution in [0.5, 0.6) is 0 Å². The number of carbonyl (C=O) groups excluding carboxylic acids is 2. The lowest BCUT2D eigenvalue weighted by atomic mass is 10.1. The topological polar surface area (TPSA) is 120 Å². The molecule has 9 nitrogen and oxygen atoms in total. The number of ketones is 1. The highest BCUT2D eigenvalue weighted by Crippen LogP contribution is 2.21. The summed E-state index contributed by atoms with van der Waals surface area (Å²) in [5.41, 5.74) is 2.41. The van der Waals surface area contributed by atoms with Crippen LogP contribution < -0.4 is 5.56 Å². The Balaban J connectivity index is 1.31. The Hall–Kier alpha value is -4.01. The van der Waals surface area contributed by atoms with E-state index >= 15 is 0 Å². The van der Waals surface area contributed by atoms with Crippen molar-refractivity contribution in [1.82, 2.24) is 19.7 Å². The van der Waals surface area contributed by atoms with Gasteiger partial charge in [0.05, 0.1) is 10.9 Å². The number of para-hydroxylation sites is 1. The molecule has 9 heteroatoms. The second-order valence-electron chi connectivity index (χ2n) is 7.88. The zero-order chi connectivity index (χ0) is 23.5. The molecular weight excluding hydrogens is 424 g/mol. The number of rotatable bonds is 8. The molecule has 0 saturated carbocycles. The van der Waals surface area contributed by atoms with E-state index in [4.69, 9.17) is 9.26 Å². The fraction of sp³-hybridized carbons (Fsp3) is 0.292. The molecule has 1 N–H and O–H groups in total. The minimum Gasteiger partial charge on any atom is -0.457 e. The van der Waals surface area contributed by atoms with Crippen molar-refractivity contribution in [3.05, 3.63) is 75.3 Å². The summed E-state index contributed by atoms with van der Waals surface area (Å²) < 4.78 is 12.1. The molecule has 4 rings (SSSR count). The Kier molecular flexibility index (Phi) is 6.21. The maximum Gasteiger partial charge on any atom is 0.306 e. The predicted octanol–water partition coefficient (Wildman–Crippen LogP) is 3.38. The van der Waals surface area contributed by atoms with Gasteiger partial charge in [0.25, 0.3) is 5.56 Å². The first-order valence-electron chi connectivity index (χ1n) is 10.6. The zero-order valence-corrected chi connectivity index (χ0v) is 18.7. The molecule has 0 aliphatic rings. The molecule has 0 unspecified atom stereocenters. The van der Waals surface area contributed by atoms with Crippen LogP contribution in [0.1, 0.15) is 46.2 Å². The number of fused-ring (bicyclic) bond motifs is 1. The van der Waals surface area contributed by atoms with Crippen LogP contribution in [0.3, 0.4) is 0 Å². The van der Waals surface area contributed by atoms with Crippen molar-refractivity contribution in [3.63, 3.8) is 0 Å². The van der Waals surface area contributed by atoms with E-state index < -0.39 is 5.97 Å². The van der Waals surface area contributed by atoms with Gasteiger partial charge in [-0.1, -0.05) is 17.3 Å². The van der Waals surface area contributed by atoms with Crippen LogP contribution >= 0.6 is 0 Å². The monoisotopic (exact) mass is 448 g/mol. The van der Waals surface area contributed by atoms with Gasteiger partial charge in [-0.15, -0.1) is 0 Å². The lowest BCUT2D eigenvalue weighted by Crippen LogP contribution is -2.15. The number of aromatic nitrogens is 4. The summed E-state index contributed by atoms with van der Waals surface area (Å²) in [6.45, 7) is 5.13. The van der Waals surface area contributed by atoms with Crippen molar-refractivity contribution in [2.24, 2.45) is 0 Å². The first-order chi connectivity index (χ1) is 15.8. The number of aromatic amines is 1. The molecule has 0 bridgehead atoms. The van der Waals surface area contributed by atoms with Crippen LogP contribution in [-0.2, 0) is 16.0 Å². The smallest absolute Gasteiger partial charge is 0.306 e. The normalized spacial score (nSPS) is 11.1. The predicted molar refractivity (Wildman–Crippen MR) is 121 cm³/mol. The molecular formula is C24H24N4O5. The second-order valence-corrected chi connectivity index (χ2v) is 7.88. The molecule has 3 heterocycles. The fourth-order valence-corrected chi connectivity index (χ4v) is 3.81. The summed E-state index contributed by atoms with van der Waals surface area (Å²) in [7, 11) is 0. The Morgan fingerprint density at radius 1 is 1.15 bits per heavy atom. The summed E-state index contributed by atoms with van der Waals surface area (Å²) in [4.78, 5) is 44.1. The van der Waals surface area contributed by atoms with Crippen LogP contribution in [0.4, 0.5) is 0 Å². The van der Waals surface area contributed by atoms with E-state index in [9.17, 15) is 14.4 Å². The van der Waals surface area contributed by atoms with Crippen LogP contribution in [0, 0.1) is 20.8 Å². The van der Waals surface area contributed by atoms with Crippen molar-refractivity contribution in [2.75, 3.05) is 6.61 Å². The quantitative estimate of drug-likeness (QED) is 0.324. The number of nitrogens with zero attached hydrogens (tertiary/aromatic N) is 3. The van der Waals surface area contributed by atoms with E-state index in [1.165, 1.54) is 0 Å². The standard InChI is InChI=1S/C24H24N4O5/c1-14-11-18(16(3)28(14)22-12-15(2)33-27-22)20(29)13-32-23(30)10-6-9-21-25-19-8-5-4-7-17(19)24(31)26-21/h4-5,7-8,11-12H,6,9-10,13H2,1-3H3,(H,25,26,31). The number of hydrogen-bond acceptors (Lipinski definition) is 7. The minimum absolute atomic E-state index is 0.112. The van der Waals surface area contributed by atoms with Crippen molar-refractivity contribution >= 4 is 22.7 Å². The fourth-order valence-electron chi connectivity index (χ4n) is 3.81. The number of H-pyrrole nitrogens is 1.